The quantitative estimate of drug-likeness (QED) is 0.446. The molecule has 1 aliphatic heterocycles. The van der Waals surface area contributed by atoms with Gasteiger partial charge >= 0.3 is 0 Å². The van der Waals surface area contributed by atoms with E-state index in [0.29, 0.717) is 30.2 Å². The molecular weight excluding hydrogens is 423 g/mol. The third-order valence-corrected chi connectivity index (χ3v) is 6.48. The highest BCUT2D eigenvalue weighted by molar-refractivity contribution is 6.31. The maximum atomic E-state index is 14.2. The molecule has 0 N–H and O–H groups in total. The zero-order valence-corrected chi connectivity index (χ0v) is 18.8. The lowest BCUT2D eigenvalue weighted by atomic mass is 9.94. The van der Waals surface area contributed by atoms with Gasteiger partial charge in [-0.1, -0.05) is 78.3 Å². The van der Waals surface area contributed by atoms with Crippen molar-refractivity contribution in [2.75, 3.05) is 13.1 Å². The largest absolute Gasteiger partial charge is 0.334 e. The average molecular weight is 451 g/mol. The van der Waals surface area contributed by atoms with Gasteiger partial charge in [0.05, 0.1) is 0 Å². The van der Waals surface area contributed by atoms with Crippen LogP contribution < -0.4 is 0 Å². The second-order valence-electron chi connectivity index (χ2n) is 8.42. The van der Waals surface area contributed by atoms with E-state index in [1.807, 2.05) is 41.3 Å². The minimum atomic E-state index is -0.271. The molecule has 1 fully saturated rings. The summed E-state index contributed by atoms with van der Waals surface area (Å²) in [5.74, 6) is -0.0938. The topological polar surface area (TPSA) is 23.6 Å². The van der Waals surface area contributed by atoms with E-state index < -0.39 is 0 Å². The number of nitrogens with zero attached hydrogens (tertiary/aromatic N) is 2. The van der Waals surface area contributed by atoms with Crippen LogP contribution in [0.4, 0.5) is 4.39 Å². The summed E-state index contributed by atoms with van der Waals surface area (Å²) in [5, 5.41) is 0.458. The predicted octanol–water partition coefficient (Wildman–Crippen LogP) is 5.92. The van der Waals surface area contributed by atoms with Crippen molar-refractivity contribution in [3.05, 3.63) is 106 Å². The van der Waals surface area contributed by atoms with Crippen molar-refractivity contribution in [1.29, 1.82) is 0 Å². The molecule has 4 rings (SSSR count). The van der Waals surface area contributed by atoms with Gasteiger partial charge in [0.15, 0.2) is 0 Å². The summed E-state index contributed by atoms with van der Waals surface area (Å²) >= 11 is 6.20. The Morgan fingerprint density at radius 2 is 1.44 bits per heavy atom. The van der Waals surface area contributed by atoms with Gasteiger partial charge in [-0.05, 0) is 49.2 Å². The zero-order chi connectivity index (χ0) is 22.3. The van der Waals surface area contributed by atoms with Crippen LogP contribution in [0.5, 0.6) is 0 Å². The summed E-state index contributed by atoms with van der Waals surface area (Å²) in [4.78, 5) is 17.7. The smallest absolute Gasteiger partial charge is 0.226 e. The number of amides is 1. The Balaban J connectivity index is 1.41. The van der Waals surface area contributed by atoms with E-state index in [0.717, 1.165) is 37.1 Å². The average Bonchev–Trinajstić information content (AvgIpc) is 2.82. The van der Waals surface area contributed by atoms with Crippen molar-refractivity contribution in [3.8, 4) is 0 Å². The van der Waals surface area contributed by atoms with Gasteiger partial charge in [0, 0.05) is 36.1 Å². The zero-order valence-electron chi connectivity index (χ0n) is 18.1. The van der Waals surface area contributed by atoms with Crippen LogP contribution in [0.25, 0.3) is 0 Å². The highest BCUT2D eigenvalue weighted by Crippen LogP contribution is 2.26. The Hall–Kier alpha value is -2.69. The lowest BCUT2D eigenvalue weighted by molar-refractivity contribution is -0.138. The van der Waals surface area contributed by atoms with Crippen molar-refractivity contribution in [3.63, 3.8) is 0 Å². The van der Waals surface area contributed by atoms with E-state index in [1.165, 1.54) is 6.07 Å². The number of carbonyl (C=O) groups is 1. The van der Waals surface area contributed by atoms with Crippen molar-refractivity contribution in [1.82, 2.24) is 9.80 Å². The minimum absolute atomic E-state index is 0.0187. The molecule has 0 radical (unpaired) electrons. The van der Waals surface area contributed by atoms with Crippen LogP contribution >= 0.6 is 11.6 Å². The molecule has 1 heterocycles. The van der Waals surface area contributed by atoms with Gasteiger partial charge in [-0.15, -0.1) is 0 Å². The van der Waals surface area contributed by atoms with Gasteiger partial charge in [-0.3, -0.25) is 9.69 Å². The molecule has 1 saturated heterocycles. The van der Waals surface area contributed by atoms with Crippen LogP contribution in [-0.4, -0.2) is 28.8 Å². The highest BCUT2D eigenvalue weighted by Gasteiger charge is 2.29. The first-order valence-corrected chi connectivity index (χ1v) is 11.5. The van der Waals surface area contributed by atoms with Gasteiger partial charge < -0.3 is 4.90 Å². The molecule has 0 bridgehead atoms. The Kier molecular flexibility index (Phi) is 7.56. The summed E-state index contributed by atoms with van der Waals surface area (Å²) < 4.78 is 14.2. The second-order valence-corrected chi connectivity index (χ2v) is 8.82. The molecule has 0 aliphatic carbocycles. The molecule has 3 aromatic rings. The number of halogens is 2. The van der Waals surface area contributed by atoms with Gasteiger partial charge in [0.1, 0.15) is 5.82 Å². The third-order valence-electron chi connectivity index (χ3n) is 6.12. The standard InChI is InChI=1S/C27H28ClFN2O/c28-25-12-7-13-26(29)24(25)20-30-16-14-23(15-17-30)27(32)31(18-21-8-3-1-4-9-21)19-22-10-5-2-6-11-22/h1-13,23H,14-20H2. The monoisotopic (exact) mass is 450 g/mol. The molecule has 3 aromatic carbocycles. The Morgan fingerprint density at radius 3 is 1.97 bits per heavy atom. The molecule has 166 valence electrons. The van der Waals surface area contributed by atoms with Gasteiger partial charge in [0.25, 0.3) is 0 Å². The molecule has 0 atom stereocenters. The predicted molar refractivity (Wildman–Crippen MR) is 127 cm³/mol. The molecule has 0 aromatic heterocycles. The van der Waals surface area contributed by atoms with E-state index in [1.54, 1.807) is 12.1 Å². The van der Waals surface area contributed by atoms with E-state index >= 15 is 0 Å². The lowest BCUT2D eigenvalue weighted by Crippen LogP contribution is -2.42. The normalized spacial score (nSPS) is 14.9. The van der Waals surface area contributed by atoms with E-state index in [9.17, 15) is 9.18 Å². The van der Waals surface area contributed by atoms with Gasteiger partial charge in [-0.25, -0.2) is 4.39 Å². The molecule has 0 saturated carbocycles. The number of carbonyl (C=O) groups excluding carboxylic acids is 1. The molecule has 0 unspecified atom stereocenters. The third kappa shape index (κ3) is 5.76. The fourth-order valence-electron chi connectivity index (χ4n) is 4.32. The van der Waals surface area contributed by atoms with Crippen LogP contribution in [0, 0.1) is 11.7 Å². The van der Waals surface area contributed by atoms with Crippen molar-refractivity contribution >= 4 is 17.5 Å². The first kappa shape index (κ1) is 22.5. The molecular formula is C27H28ClFN2O. The lowest BCUT2D eigenvalue weighted by Gasteiger charge is -2.34. The van der Waals surface area contributed by atoms with Crippen LogP contribution in [0.15, 0.2) is 78.9 Å². The fourth-order valence-corrected chi connectivity index (χ4v) is 4.55. The number of rotatable bonds is 7. The van der Waals surface area contributed by atoms with Crippen LogP contribution in [0.1, 0.15) is 29.5 Å². The second kappa shape index (κ2) is 10.8. The Bertz CT molecular complexity index is 959. The van der Waals surface area contributed by atoms with E-state index in [-0.39, 0.29) is 17.6 Å². The van der Waals surface area contributed by atoms with Crippen LogP contribution in [0.2, 0.25) is 5.02 Å². The van der Waals surface area contributed by atoms with Gasteiger partial charge in [-0.2, -0.15) is 0 Å². The molecule has 5 heteroatoms. The summed E-state index contributed by atoms with van der Waals surface area (Å²) in [5.41, 5.74) is 2.79. The van der Waals surface area contributed by atoms with Crippen LogP contribution in [0.3, 0.4) is 0 Å². The van der Waals surface area contributed by atoms with Gasteiger partial charge in [0.2, 0.25) is 5.91 Å². The molecule has 0 spiro atoms. The summed E-state index contributed by atoms with van der Waals surface area (Å²) in [6, 6.07) is 25.0. The summed E-state index contributed by atoms with van der Waals surface area (Å²) in [6.07, 6.45) is 1.54. The maximum Gasteiger partial charge on any atom is 0.226 e. The van der Waals surface area contributed by atoms with Crippen LogP contribution in [-0.2, 0) is 24.4 Å². The minimum Gasteiger partial charge on any atom is -0.334 e. The molecule has 32 heavy (non-hydrogen) atoms. The molecule has 1 aliphatic rings. The van der Waals surface area contributed by atoms with Crippen molar-refractivity contribution in [2.45, 2.75) is 32.5 Å². The first-order chi connectivity index (χ1) is 15.6. The number of likely N-dealkylation sites (tertiary alicyclic amines) is 1. The summed E-state index contributed by atoms with van der Waals surface area (Å²) in [7, 11) is 0. The van der Waals surface area contributed by atoms with Crippen molar-refractivity contribution in [2.24, 2.45) is 5.92 Å². The number of piperidine rings is 1. The van der Waals surface area contributed by atoms with Crippen molar-refractivity contribution < 1.29 is 9.18 Å². The molecule has 1 amide bonds. The maximum absolute atomic E-state index is 14.2. The Morgan fingerprint density at radius 1 is 0.875 bits per heavy atom. The SMILES string of the molecule is O=C(C1CCN(Cc2c(F)cccc2Cl)CC1)N(Cc1ccccc1)Cc1ccccc1. The first-order valence-electron chi connectivity index (χ1n) is 11.1. The number of benzene rings is 3. The number of hydrogen-bond acceptors (Lipinski definition) is 2. The highest BCUT2D eigenvalue weighted by atomic mass is 35.5. The fraction of sp³-hybridized carbons (Fsp3) is 0.296. The molecule has 3 nitrogen and oxygen atoms in total. The van der Waals surface area contributed by atoms with E-state index in [4.69, 9.17) is 11.6 Å². The number of hydrogen-bond donors (Lipinski definition) is 0. The Labute approximate surface area is 194 Å². The summed E-state index contributed by atoms with van der Waals surface area (Å²) in [6.45, 7) is 3.18. The van der Waals surface area contributed by atoms with E-state index in [2.05, 4.69) is 29.2 Å².